The summed E-state index contributed by atoms with van der Waals surface area (Å²) in [7, 11) is 1.70. The molecule has 1 aromatic rings. The van der Waals surface area contributed by atoms with Crippen molar-refractivity contribution in [3.63, 3.8) is 0 Å². The first-order chi connectivity index (χ1) is 8.06. The predicted molar refractivity (Wildman–Crippen MR) is 55.2 cm³/mol. The first kappa shape index (κ1) is 14.8. The van der Waals surface area contributed by atoms with Gasteiger partial charge in [-0.1, -0.05) is 0 Å². The van der Waals surface area contributed by atoms with Gasteiger partial charge in [-0.15, -0.1) is 13.2 Å². The Bertz CT molecular complexity index is 558. The summed E-state index contributed by atoms with van der Waals surface area (Å²) in [6.07, 6.45) is -4.14. The molecule has 0 saturated carbocycles. The number of rotatable bonds is 3. The summed E-state index contributed by atoms with van der Waals surface area (Å²) < 4.78 is 67.1. The smallest absolute Gasteiger partial charge is 0.495 e. The Labute approximate surface area is 105 Å². The lowest BCUT2D eigenvalue weighted by Crippen LogP contribution is -2.20. The van der Waals surface area contributed by atoms with Gasteiger partial charge in [0, 0.05) is 16.2 Å². The average molecular weight is 306 g/mol. The van der Waals surface area contributed by atoms with Gasteiger partial charge in [0.05, 0.1) is 13.3 Å². The Hall–Kier alpha value is -1.22. The second kappa shape index (κ2) is 4.81. The highest BCUT2D eigenvalue weighted by atomic mass is 35.7. The van der Waals surface area contributed by atoms with Gasteiger partial charge < -0.3 is 9.47 Å². The van der Waals surface area contributed by atoms with Gasteiger partial charge in [-0.05, 0) is 6.92 Å². The maximum absolute atomic E-state index is 12.2. The molecule has 1 heterocycles. The van der Waals surface area contributed by atoms with Gasteiger partial charge in [0.2, 0.25) is 5.03 Å². The van der Waals surface area contributed by atoms with E-state index in [-0.39, 0.29) is 11.3 Å². The van der Waals surface area contributed by atoms with Crippen molar-refractivity contribution in [2.24, 2.45) is 0 Å². The number of hydrogen-bond donors (Lipinski definition) is 0. The average Bonchev–Trinajstić information content (AvgIpc) is 2.17. The van der Waals surface area contributed by atoms with Crippen LogP contribution in [0.2, 0.25) is 0 Å². The summed E-state index contributed by atoms with van der Waals surface area (Å²) in [5, 5.41) is -1.01. The van der Waals surface area contributed by atoms with Crippen LogP contribution >= 0.6 is 10.7 Å². The van der Waals surface area contributed by atoms with Gasteiger partial charge in [-0.2, -0.15) is 0 Å². The van der Waals surface area contributed by atoms with Gasteiger partial charge in [0.15, 0.2) is 5.75 Å². The number of methoxy groups -OCH3 is 1. The molecule has 1 aromatic heterocycles. The van der Waals surface area contributed by atoms with Crippen LogP contribution in [0.4, 0.5) is 13.2 Å². The number of ether oxygens (including phenoxy) is 2. The van der Waals surface area contributed by atoms with E-state index < -0.39 is 26.2 Å². The lowest BCUT2D eigenvalue weighted by Gasteiger charge is -2.15. The van der Waals surface area contributed by atoms with Crippen LogP contribution in [-0.2, 0) is 9.05 Å². The minimum atomic E-state index is -5.07. The maximum atomic E-state index is 12.2. The molecule has 0 bridgehead atoms. The Balaban J connectivity index is 3.51. The third-order valence-electron chi connectivity index (χ3n) is 1.87. The molecule has 0 saturated heterocycles. The van der Waals surface area contributed by atoms with Crippen LogP contribution in [0.25, 0.3) is 0 Å². The van der Waals surface area contributed by atoms with Gasteiger partial charge in [0.1, 0.15) is 5.75 Å². The summed E-state index contributed by atoms with van der Waals surface area (Å²) in [4.78, 5) is 3.30. The number of aromatic nitrogens is 1. The standard InChI is InChI=1S/C8H7ClF3NO4S/c1-4-5(16-2)3-13-7(18(9,14)15)6(4)17-8(10,11)12/h3H,1-2H3. The summed E-state index contributed by atoms with van der Waals surface area (Å²) in [6, 6.07) is 0. The SMILES string of the molecule is COc1cnc(S(=O)(=O)Cl)c(OC(F)(F)F)c1C. The van der Waals surface area contributed by atoms with Crippen molar-refractivity contribution in [3.8, 4) is 11.5 Å². The van der Waals surface area contributed by atoms with Crippen molar-refractivity contribution >= 4 is 19.7 Å². The molecule has 0 fully saturated rings. The molecule has 1 rings (SSSR count). The van der Waals surface area contributed by atoms with E-state index in [4.69, 9.17) is 15.4 Å². The van der Waals surface area contributed by atoms with E-state index in [1.165, 1.54) is 14.0 Å². The Morgan fingerprint density at radius 1 is 1.39 bits per heavy atom. The zero-order chi connectivity index (χ0) is 14.1. The molecular weight excluding hydrogens is 299 g/mol. The predicted octanol–water partition coefficient (Wildman–Crippen LogP) is 2.22. The quantitative estimate of drug-likeness (QED) is 0.801. The minimum absolute atomic E-state index is 0.0571. The highest BCUT2D eigenvalue weighted by Crippen LogP contribution is 2.37. The van der Waals surface area contributed by atoms with Crippen LogP contribution in [0.3, 0.4) is 0 Å². The fourth-order valence-electron chi connectivity index (χ4n) is 1.16. The van der Waals surface area contributed by atoms with Gasteiger partial charge in [-0.25, -0.2) is 13.4 Å². The number of pyridine rings is 1. The molecule has 5 nitrogen and oxygen atoms in total. The van der Waals surface area contributed by atoms with E-state index in [2.05, 4.69) is 9.72 Å². The van der Waals surface area contributed by atoms with E-state index in [1.807, 2.05) is 0 Å². The minimum Gasteiger partial charge on any atom is -0.495 e. The van der Waals surface area contributed by atoms with Crippen molar-refractivity contribution in [1.82, 2.24) is 4.98 Å². The Kier molecular flexibility index (Phi) is 3.96. The van der Waals surface area contributed by atoms with Gasteiger partial charge in [-0.3, -0.25) is 0 Å². The normalized spacial score (nSPS) is 12.3. The van der Waals surface area contributed by atoms with Crippen LogP contribution in [0.5, 0.6) is 11.5 Å². The lowest BCUT2D eigenvalue weighted by molar-refractivity contribution is -0.276. The van der Waals surface area contributed by atoms with Crippen molar-refractivity contribution in [2.75, 3.05) is 7.11 Å². The Morgan fingerprint density at radius 3 is 2.33 bits per heavy atom. The first-order valence-corrected chi connectivity index (χ1v) is 6.61. The fourth-order valence-corrected chi connectivity index (χ4v) is 2.08. The molecule has 0 aliphatic rings. The summed E-state index contributed by atoms with van der Waals surface area (Å²) in [5.41, 5.74) is -0.177. The summed E-state index contributed by atoms with van der Waals surface area (Å²) in [5.74, 6) is -1.06. The van der Waals surface area contributed by atoms with Crippen molar-refractivity contribution < 1.29 is 31.1 Å². The molecule has 0 aromatic carbocycles. The summed E-state index contributed by atoms with van der Waals surface area (Å²) >= 11 is 0. The van der Waals surface area contributed by atoms with E-state index in [1.54, 1.807) is 0 Å². The second-order valence-electron chi connectivity index (χ2n) is 3.07. The van der Waals surface area contributed by atoms with Crippen LogP contribution in [0.1, 0.15) is 5.56 Å². The largest absolute Gasteiger partial charge is 0.573 e. The van der Waals surface area contributed by atoms with Crippen molar-refractivity contribution in [3.05, 3.63) is 11.8 Å². The monoisotopic (exact) mass is 305 g/mol. The highest BCUT2D eigenvalue weighted by molar-refractivity contribution is 8.13. The van der Waals surface area contributed by atoms with E-state index in [0.29, 0.717) is 0 Å². The van der Waals surface area contributed by atoms with E-state index >= 15 is 0 Å². The van der Waals surface area contributed by atoms with Crippen LogP contribution < -0.4 is 9.47 Å². The van der Waals surface area contributed by atoms with Crippen molar-refractivity contribution in [1.29, 1.82) is 0 Å². The topological polar surface area (TPSA) is 65.5 Å². The van der Waals surface area contributed by atoms with Crippen LogP contribution in [0.15, 0.2) is 11.2 Å². The second-order valence-corrected chi connectivity index (χ2v) is 5.55. The molecule has 0 atom stereocenters. The number of alkyl halides is 3. The highest BCUT2D eigenvalue weighted by Gasteiger charge is 2.36. The molecule has 0 aliphatic heterocycles. The third-order valence-corrected chi connectivity index (χ3v) is 3.06. The third kappa shape index (κ3) is 3.39. The number of halogens is 4. The molecule has 0 N–H and O–H groups in total. The lowest BCUT2D eigenvalue weighted by atomic mass is 10.2. The fraction of sp³-hybridized carbons (Fsp3) is 0.375. The van der Waals surface area contributed by atoms with E-state index in [9.17, 15) is 21.6 Å². The molecule has 102 valence electrons. The molecule has 0 aliphatic carbocycles. The molecule has 0 radical (unpaired) electrons. The first-order valence-electron chi connectivity index (χ1n) is 4.30. The molecule has 0 amide bonds. The zero-order valence-corrected chi connectivity index (χ0v) is 10.7. The van der Waals surface area contributed by atoms with Crippen molar-refractivity contribution in [2.45, 2.75) is 18.3 Å². The van der Waals surface area contributed by atoms with Gasteiger partial charge >= 0.3 is 6.36 Å². The number of nitrogens with zero attached hydrogens (tertiary/aromatic N) is 1. The molecule has 10 heteroatoms. The molecule has 0 spiro atoms. The molecule has 0 unspecified atom stereocenters. The van der Waals surface area contributed by atoms with E-state index in [0.717, 1.165) is 6.20 Å². The summed E-state index contributed by atoms with van der Waals surface area (Å²) in [6.45, 7) is 1.19. The van der Waals surface area contributed by atoms with Crippen LogP contribution in [-0.4, -0.2) is 26.9 Å². The molecule has 18 heavy (non-hydrogen) atoms. The van der Waals surface area contributed by atoms with Crippen LogP contribution in [0, 0.1) is 6.92 Å². The number of hydrogen-bond acceptors (Lipinski definition) is 5. The molecular formula is C8H7ClF3NO4S. The zero-order valence-electron chi connectivity index (χ0n) is 9.08. The van der Waals surface area contributed by atoms with Gasteiger partial charge in [0.25, 0.3) is 9.05 Å². The Morgan fingerprint density at radius 2 is 1.94 bits per heavy atom. The maximum Gasteiger partial charge on any atom is 0.573 e.